The first-order valence-corrected chi connectivity index (χ1v) is 10.2. The summed E-state index contributed by atoms with van der Waals surface area (Å²) in [5.74, 6) is 0.951. The van der Waals surface area contributed by atoms with Gasteiger partial charge in [0.1, 0.15) is 0 Å². The zero-order valence-corrected chi connectivity index (χ0v) is 18.0. The van der Waals surface area contributed by atoms with Crippen LogP contribution in [-0.4, -0.2) is 55.3 Å². The average molecular weight is 476 g/mol. The molecule has 2 saturated heterocycles. The van der Waals surface area contributed by atoms with Gasteiger partial charge in [0, 0.05) is 31.1 Å². The average Bonchev–Trinajstić information content (AvgIpc) is 3.31. The second kappa shape index (κ2) is 9.01. The molecule has 25 heavy (non-hydrogen) atoms. The first kappa shape index (κ1) is 19.4. The highest BCUT2D eigenvalue weighted by Gasteiger charge is 2.41. The van der Waals surface area contributed by atoms with Crippen molar-refractivity contribution in [3.63, 3.8) is 0 Å². The maximum absolute atomic E-state index is 5.94. The van der Waals surface area contributed by atoms with Crippen LogP contribution in [0, 0.1) is 0 Å². The van der Waals surface area contributed by atoms with Gasteiger partial charge in [-0.15, -0.1) is 35.3 Å². The number of hydrogen-bond acceptors (Lipinski definition) is 4. The number of thiophene rings is 1. The summed E-state index contributed by atoms with van der Waals surface area (Å²) in [5, 5.41) is 9.20. The Morgan fingerprint density at radius 3 is 3.12 bits per heavy atom. The van der Waals surface area contributed by atoms with Crippen molar-refractivity contribution < 1.29 is 4.74 Å². The number of guanidine groups is 1. The van der Waals surface area contributed by atoms with Crippen LogP contribution in [0.4, 0.5) is 0 Å². The van der Waals surface area contributed by atoms with Crippen LogP contribution in [0.2, 0.25) is 0 Å². The minimum absolute atomic E-state index is 0. The number of rotatable bonds is 5. The number of hydrogen-bond donors (Lipinski definition) is 2. The summed E-state index contributed by atoms with van der Waals surface area (Å²) in [7, 11) is 0. The van der Waals surface area contributed by atoms with Gasteiger partial charge in [-0.05, 0) is 49.6 Å². The maximum atomic E-state index is 5.94. The molecule has 1 aromatic heterocycles. The Labute approximate surface area is 171 Å². The second-order valence-electron chi connectivity index (χ2n) is 7.02. The minimum Gasteiger partial charge on any atom is -0.373 e. The molecule has 0 amide bonds. The lowest BCUT2D eigenvalue weighted by atomic mass is 9.96. The van der Waals surface area contributed by atoms with Crippen molar-refractivity contribution in [2.45, 2.75) is 57.4 Å². The molecule has 2 fully saturated rings. The van der Waals surface area contributed by atoms with E-state index in [2.05, 4.69) is 33.9 Å². The van der Waals surface area contributed by atoms with Crippen molar-refractivity contribution in [1.29, 1.82) is 0 Å². The fourth-order valence-electron chi connectivity index (χ4n) is 4.09. The molecule has 7 heteroatoms. The van der Waals surface area contributed by atoms with Crippen molar-refractivity contribution in [3.8, 4) is 0 Å². The van der Waals surface area contributed by atoms with Crippen molar-refractivity contribution in [1.82, 2.24) is 15.5 Å². The highest BCUT2D eigenvalue weighted by atomic mass is 127. The molecule has 0 saturated carbocycles. The summed E-state index contributed by atoms with van der Waals surface area (Å²) in [6.07, 6.45) is 5.61. The first-order chi connectivity index (χ1) is 11.8. The van der Waals surface area contributed by atoms with Crippen LogP contribution in [0.1, 0.15) is 36.6 Å². The van der Waals surface area contributed by atoms with Crippen LogP contribution in [-0.2, 0) is 17.7 Å². The van der Waals surface area contributed by atoms with Gasteiger partial charge in [-0.3, -0.25) is 9.89 Å². The van der Waals surface area contributed by atoms with Gasteiger partial charge >= 0.3 is 0 Å². The molecular formula is C18H29IN4OS. The smallest absolute Gasteiger partial charge is 0.191 e. The Morgan fingerprint density at radius 2 is 2.36 bits per heavy atom. The van der Waals surface area contributed by atoms with E-state index >= 15 is 0 Å². The summed E-state index contributed by atoms with van der Waals surface area (Å²) in [4.78, 5) is 8.89. The van der Waals surface area contributed by atoms with Gasteiger partial charge in [0.15, 0.2) is 5.96 Å². The number of nitrogens with one attached hydrogen (secondary N) is 2. The Bertz CT molecular complexity index is 593. The quantitative estimate of drug-likeness (QED) is 0.390. The van der Waals surface area contributed by atoms with Crippen LogP contribution in [0.15, 0.2) is 16.4 Å². The zero-order chi connectivity index (χ0) is 16.4. The lowest BCUT2D eigenvalue weighted by Crippen LogP contribution is -2.47. The van der Waals surface area contributed by atoms with Gasteiger partial charge < -0.3 is 15.4 Å². The molecule has 3 atom stereocenters. The fourth-order valence-corrected chi connectivity index (χ4v) is 4.98. The van der Waals surface area contributed by atoms with Gasteiger partial charge in [-0.25, -0.2) is 0 Å². The van der Waals surface area contributed by atoms with E-state index in [-0.39, 0.29) is 24.0 Å². The van der Waals surface area contributed by atoms with E-state index < -0.39 is 0 Å². The topological polar surface area (TPSA) is 48.9 Å². The van der Waals surface area contributed by atoms with Gasteiger partial charge in [0.25, 0.3) is 0 Å². The van der Waals surface area contributed by atoms with E-state index in [4.69, 9.17) is 9.73 Å². The minimum atomic E-state index is 0. The molecule has 1 aromatic rings. The Morgan fingerprint density at radius 1 is 1.44 bits per heavy atom. The summed E-state index contributed by atoms with van der Waals surface area (Å²) in [5.41, 5.74) is 1.51. The summed E-state index contributed by atoms with van der Waals surface area (Å²) >= 11 is 1.90. The van der Waals surface area contributed by atoms with E-state index in [1.54, 1.807) is 4.88 Å². The van der Waals surface area contributed by atoms with Crippen molar-refractivity contribution in [2.24, 2.45) is 4.99 Å². The van der Waals surface area contributed by atoms with Crippen LogP contribution >= 0.6 is 35.3 Å². The monoisotopic (exact) mass is 476 g/mol. The number of fused-ring (bicyclic) bond motifs is 3. The van der Waals surface area contributed by atoms with Crippen LogP contribution in [0.25, 0.3) is 0 Å². The summed E-state index contributed by atoms with van der Waals surface area (Å²) in [6, 6.07) is 2.71. The zero-order valence-electron chi connectivity index (χ0n) is 14.9. The van der Waals surface area contributed by atoms with Crippen molar-refractivity contribution in [3.05, 3.63) is 21.9 Å². The molecule has 140 valence electrons. The van der Waals surface area contributed by atoms with Gasteiger partial charge in [0.05, 0.1) is 24.8 Å². The summed E-state index contributed by atoms with van der Waals surface area (Å²) < 4.78 is 5.94. The second-order valence-corrected chi connectivity index (χ2v) is 8.02. The molecule has 0 radical (unpaired) electrons. The van der Waals surface area contributed by atoms with E-state index in [1.807, 2.05) is 11.3 Å². The normalized spacial score (nSPS) is 28.5. The number of ether oxygens (including phenoxy) is 1. The van der Waals surface area contributed by atoms with Gasteiger partial charge in [-0.2, -0.15) is 0 Å². The standard InChI is InChI=1S/C18H28N4OS.HI/c1-2-19-18(21-15-11-14-3-4-16(15)23-14)20-7-9-22-8-5-17-13(12-22)6-10-24-17;/h6,10,14-16H,2-5,7-9,11-12H2,1H3,(H2,19,20,21);1H. The third-order valence-corrected chi connectivity index (χ3v) is 6.37. The highest BCUT2D eigenvalue weighted by molar-refractivity contribution is 14.0. The Balaban J connectivity index is 0.00000182. The largest absolute Gasteiger partial charge is 0.373 e. The van der Waals surface area contributed by atoms with Crippen LogP contribution in [0.5, 0.6) is 0 Å². The van der Waals surface area contributed by atoms with E-state index in [9.17, 15) is 0 Å². The Hall–Kier alpha value is -0.380. The van der Waals surface area contributed by atoms with Crippen molar-refractivity contribution >= 4 is 41.3 Å². The molecule has 5 nitrogen and oxygen atoms in total. The number of halogens is 1. The molecule has 4 heterocycles. The fraction of sp³-hybridized carbons (Fsp3) is 0.722. The molecule has 0 spiro atoms. The van der Waals surface area contributed by atoms with Crippen LogP contribution < -0.4 is 10.6 Å². The van der Waals surface area contributed by atoms with E-state index in [1.165, 1.54) is 24.8 Å². The lowest BCUT2D eigenvalue weighted by Gasteiger charge is -2.26. The predicted molar refractivity (Wildman–Crippen MR) is 114 cm³/mol. The molecule has 4 rings (SSSR count). The molecule has 0 aliphatic carbocycles. The molecule has 3 unspecified atom stereocenters. The van der Waals surface area contributed by atoms with Crippen LogP contribution in [0.3, 0.4) is 0 Å². The lowest BCUT2D eigenvalue weighted by molar-refractivity contribution is 0.0992. The molecular weight excluding hydrogens is 447 g/mol. The number of nitrogens with zero attached hydrogens (tertiary/aromatic N) is 2. The van der Waals surface area contributed by atoms with Crippen molar-refractivity contribution in [2.75, 3.05) is 26.2 Å². The number of aliphatic imine (C=N–C) groups is 1. The molecule has 3 aliphatic heterocycles. The SMILES string of the molecule is CCNC(=NCCN1CCc2sccc2C1)NC1CC2CCC1O2.I. The molecule has 2 bridgehead atoms. The third-order valence-electron chi connectivity index (χ3n) is 5.35. The predicted octanol–water partition coefficient (Wildman–Crippen LogP) is 2.60. The third kappa shape index (κ3) is 4.67. The van der Waals surface area contributed by atoms with E-state index in [0.29, 0.717) is 18.2 Å². The highest BCUT2D eigenvalue weighted by Crippen LogP contribution is 2.34. The molecule has 2 N–H and O–H groups in total. The maximum Gasteiger partial charge on any atom is 0.191 e. The molecule has 3 aliphatic rings. The molecule has 0 aromatic carbocycles. The van der Waals surface area contributed by atoms with Gasteiger partial charge in [0.2, 0.25) is 0 Å². The summed E-state index contributed by atoms with van der Waals surface area (Å²) in [6.45, 7) is 7.13. The van der Waals surface area contributed by atoms with E-state index in [0.717, 1.165) is 45.1 Å². The first-order valence-electron chi connectivity index (χ1n) is 9.29. The van der Waals surface area contributed by atoms with Gasteiger partial charge in [-0.1, -0.05) is 0 Å². The Kier molecular flexibility index (Phi) is 6.99.